The molecule has 4 heteroatoms. The minimum atomic E-state index is -0.488. The molecule has 0 aliphatic carbocycles. The van der Waals surface area contributed by atoms with Crippen molar-refractivity contribution in [1.82, 2.24) is 10.3 Å². The summed E-state index contributed by atoms with van der Waals surface area (Å²) in [5.41, 5.74) is 1.40. The molecule has 1 amide bonds. The molecule has 4 nitrogen and oxygen atoms in total. The lowest BCUT2D eigenvalue weighted by atomic mass is 10.2. The number of amides is 1. The zero-order valence-corrected chi connectivity index (χ0v) is 11.2. The van der Waals surface area contributed by atoms with Crippen molar-refractivity contribution in [2.24, 2.45) is 0 Å². The van der Waals surface area contributed by atoms with Gasteiger partial charge in [-0.05, 0) is 39.3 Å². The largest absolute Gasteiger partial charge is 0.444 e. The molecular weight excluding hydrogens is 228 g/mol. The Bertz CT molecular complexity index is 479. The van der Waals surface area contributed by atoms with E-state index < -0.39 is 11.7 Å². The predicted molar refractivity (Wildman–Crippen MR) is 70.1 cm³/mol. The number of nitrogens with one attached hydrogen (secondary N) is 1. The molecule has 1 heterocycles. The first kappa shape index (κ1) is 14.0. The summed E-state index contributed by atoms with van der Waals surface area (Å²) >= 11 is 0. The number of aromatic nitrogens is 1. The van der Waals surface area contributed by atoms with Gasteiger partial charge in [-0.1, -0.05) is 11.8 Å². The SMILES string of the molecule is Cc1cncc(C#CCNC(=O)OC(C)(C)C)c1. The van der Waals surface area contributed by atoms with Crippen LogP contribution < -0.4 is 5.32 Å². The van der Waals surface area contributed by atoms with E-state index in [-0.39, 0.29) is 6.54 Å². The first-order valence-electron chi connectivity index (χ1n) is 5.74. The van der Waals surface area contributed by atoms with Gasteiger partial charge in [-0.25, -0.2) is 4.79 Å². The predicted octanol–water partition coefficient (Wildman–Crippen LogP) is 2.27. The molecule has 1 N–H and O–H groups in total. The third kappa shape index (κ3) is 5.90. The maximum absolute atomic E-state index is 11.3. The molecule has 0 fully saturated rings. The highest BCUT2D eigenvalue weighted by molar-refractivity contribution is 5.68. The molecule has 18 heavy (non-hydrogen) atoms. The first-order valence-corrected chi connectivity index (χ1v) is 5.74. The molecule has 0 aromatic carbocycles. The molecule has 0 aliphatic heterocycles. The number of hydrogen-bond donors (Lipinski definition) is 1. The van der Waals surface area contributed by atoms with Crippen molar-refractivity contribution in [3.8, 4) is 11.8 Å². The quantitative estimate of drug-likeness (QED) is 0.773. The minimum absolute atomic E-state index is 0.253. The van der Waals surface area contributed by atoms with Crippen LogP contribution in [0.1, 0.15) is 31.9 Å². The lowest BCUT2D eigenvalue weighted by molar-refractivity contribution is 0.0535. The average Bonchev–Trinajstić information content (AvgIpc) is 2.22. The second-order valence-corrected chi connectivity index (χ2v) is 4.91. The Hall–Kier alpha value is -2.02. The summed E-state index contributed by atoms with van der Waals surface area (Å²) in [7, 11) is 0. The van der Waals surface area contributed by atoms with Crippen LogP contribution in [0.4, 0.5) is 4.79 Å². The summed E-state index contributed by atoms with van der Waals surface area (Å²) < 4.78 is 5.08. The van der Waals surface area contributed by atoms with Gasteiger partial charge in [0, 0.05) is 18.0 Å². The number of carbonyl (C=O) groups excluding carboxylic acids is 1. The second kappa shape index (κ2) is 6.06. The van der Waals surface area contributed by atoms with Crippen LogP contribution in [0.5, 0.6) is 0 Å². The third-order valence-corrected chi connectivity index (χ3v) is 1.83. The fourth-order valence-corrected chi connectivity index (χ4v) is 1.20. The van der Waals surface area contributed by atoms with E-state index in [1.165, 1.54) is 0 Å². The van der Waals surface area contributed by atoms with E-state index in [0.717, 1.165) is 11.1 Å². The topological polar surface area (TPSA) is 51.2 Å². The van der Waals surface area contributed by atoms with Gasteiger partial charge in [0.2, 0.25) is 0 Å². The van der Waals surface area contributed by atoms with Crippen LogP contribution in [-0.2, 0) is 4.74 Å². The molecule has 1 rings (SSSR count). The summed E-state index contributed by atoms with van der Waals surface area (Å²) in [4.78, 5) is 15.3. The smallest absolute Gasteiger partial charge is 0.408 e. The van der Waals surface area contributed by atoms with Crippen molar-refractivity contribution in [3.63, 3.8) is 0 Å². The molecule has 0 aliphatic rings. The van der Waals surface area contributed by atoms with Gasteiger partial charge < -0.3 is 10.1 Å². The van der Waals surface area contributed by atoms with E-state index in [9.17, 15) is 4.79 Å². The van der Waals surface area contributed by atoms with E-state index in [1.807, 2.05) is 33.8 Å². The van der Waals surface area contributed by atoms with E-state index in [0.29, 0.717) is 0 Å². The number of aryl methyl sites for hydroxylation is 1. The fourth-order valence-electron chi connectivity index (χ4n) is 1.20. The Balaban J connectivity index is 2.41. The number of nitrogens with zero attached hydrogens (tertiary/aromatic N) is 1. The maximum Gasteiger partial charge on any atom is 0.408 e. The third-order valence-electron chi connectivity index (χ3n) is 1.83. The van der Waals surface area contributed by atoms with Crippen LogP contribution in [0.25, 0.3) is 0 Å². The minimum Gasteiger partial charge on any atom is -0.444 e. The lowest BCUT2D eigenvalue weighted by Gasteiger charge is -2.18. The van der Waals surface area contributed by atoms with Crippen LogP contribution in [0.2, 0.25) is 0 Å². The van der Waals surface area contributed by atoms with Gasteiger partial charge in [0.05, 0.1) is 6.54 Å². The van der Waals surface area contributed by atoms with Crippen molar-refractivity contribution in [2.75, 3.05) is 6.54 Å². The molecule has 1 aromatic heterocycles. The van der Waals surface area contributed by atoms with Crippen LogP contribution in [0.3, 0.4) is 0 Å². The van der Waals surface area contributed by atoms with Gasteiger partial charge in [-0.15, -0.1) is 0 Å². The molecular formula is C14H18N2O2. The van der Waals surface area contributed by atoms with Gasteiger partial charge >= 0.3 is 6.09 Å². The number of alkyl carbamates (subject to hydrolysis) is 1. The van der Waals surface area contributed by atoms with Crippen molar-refractivity contribution in [3.05, 3.63) is 29.6 Å². The van der Waals surface area contributed by atoms with Gasteiger partial charge in [-0.2, -0.15) is 0 Å². The van der Waals surface area contributed by atoms with E-state index in [4.69, 9.17) is 4.74 Å². The van der Waals surface area contributed by atoms with Crippen LogP contribution in [-0.4, -0.2) is 23.2 Å². The van der Waals surface area contributed by atoms with Crippen molar-refractivity contribution in [2.45, 2.75) is 33.3 Å². The summed E-state index contributed by atoms with van der Waals surface area (Å²) in [6.45, 7) is 7.66. The van der Waals surface area contributed by atoms with E-state index >= 15 is 0 Å². The number of hydrogen-bond acceptors (Lipinski definition) is 3. The number of rotatable bonds is 1. The van der Waals surface area contributed by atoms with Crippen molar-refractivity contribution >= 4 is 6.09 Å². The zero-order chi connectivity index (χ0) is 13.6. The normalized spacial score (nSPS) is 10.2. The molecule has 1 aromatic rings. The maximum atomic E-state index is 11.3. The van der Waals surface area contributed by atoms with Gasteiger partial charge in [-0.3, -0.25) is 4.98 Å². The number of carbonyl (C=O) groups is 1. The summed E-state index contributed by atoms with van der Waals surface area (Å²) in [5, 5.41) is 2.57. The lowest BCUT2D eigenvalue weighted by Crippen LogP contribution is -2.32. The molecule has 0 radical (unpaired) electrons. The van der Waals surface area contributed by atoms with Gasteiger partial charge in [0.25, 0.3) is 0 Å². The fraction of sp³-hybridized carbons (Fsp3) is 0.429. The molecule has 0 unspecified atom stereocenters. The highest BCUT2D eigenvalue weighted by Crippen LogP contribution is 2.06. The van der Waals surface area contributed by atoms with E-state index in [2.05, 4.69) is 22.1 Å². The van der Waals surface area contributed by atoms with E-state index in [1.54, 1.807) is 12.4 Å². The Labute approximate surface area is 108 Å². The molecule has 96 valence electrons. The second-order valence-electron chi connectivity index (χ2n) is 4.91. The summed E-state index contributed by atoms with van der Waals surface area (Å²) in [6.07, 6.45) is 3.00. The molecule has 0 bridgehead atoms. The summed E-state index contributed by atoms with van der Waals surface area (Å²) in [6, 6.07) is 1.94. The highest BCUT2D eigenvalue weighted by Gasteiger charge is 2.14. The van der Waals surface area contributed by atoms with Crippen molar-refractivity contribution < 1.29 is 9.53 Å². The zero-order valence-electron chi connectivity index (χ0n) is 11.2. The molecule has 0 atom stereocenters. The Morgan fingerprint density at radius 1 is 1.44 bits per heavy atom. The van der Waals surface area contributed by atoms with Gasteiger partial charge in [0.15, 0.2) is 0 Å². The highest BCUT2D eigenvalue weighted by atomic mass is 16.6. The molecule has 0 saturated carbocycles. The Morgan fingerprint density at radius 2 is 2.17 bits per heavy atom. The number of pyridine rings is 1. The average molecular weight is 246 g/mol. The Kier molecular flexibility index (Phi) is 4.73. The molecule has 0 saturated heterocycles. The van der Waals surface area contributed by atoms with Crippen LogP contribution in [0, 0.1) is 18.8 Å². The van der Waals surface area contributed by atoms with Gasteiger partial charge in [0.1, 0.15) is 5.60 Å². The first-order chi connectivity index (χ1) is 8.37. The van der Waals surface area contributed by atoms with Crippen molar-refractivity contribution in [1.29, 1.82) is 0 Å². The summed E-state index contributed by atoms with van der Waals surface area (Å²) in [5.74, 6) is 5.76. The Morgan fingerprint density at radius 3 is 2.78 bits per heavy atom. The van der Waals surface area contributed by atoms with Crippen LogP contribution >= 0.6 is 0 Å². The number of ether oxygens (including phenoxy) is 1. The van der Waals surface area contributed by atoms with Crippen LogP contribution in [0.15, 0.2) is 18.5 Å². The molecule has 0 spiro atoms. The standard InChI is InChI=1S/C14H18N2O2/c1-11-8-12(10-15-9-11)6-5-7-16-13(17)18-14(2,3)4/h8-10H,7H2,1-4H3,(H,16,17). The monoisotopic (exact) mass is 246 g/mol.